The molecular formula is C23H19ClN4O2. The first-order valence-corrected chi connectivity index (χ1v) is 9.87. The molecule has 2 aromatic carbocycles. The largest absolute Gasteiger partial charge is 0.449 e. The highest BCUT2D eigenvalue weighted by Gasteiger charge is 2.28. The number of alkyl carbamates (subject to hydrolysis) is 1. The lowest BCUT2D eigenvalue weighted by molar-refractivity contribution is 0.143. The lowest BCUT2D eigenvalue weighted by Gasteiger charge is -2.14. The number of nitrogens with two attached hydrogens (primary N) is 1. The van der Waals surface area contributed by atoms with Crippen LogP contribution in [0.2, 0.25) is 5.15 Å². The van der Waals surface area contributed by atoms with E-state index in [1.54, 1.807) is 0 Å². The molecule has 1 aromatic heterocycles. The second-order valence-corrected chi connectivity index (χ2v) is 7.12. The van der Waals surface area contributed by atoms with Gasteiger partial charge in [0.1, 0.15) is 11.8 Å². The molecule has 4 rings (SSSR count). The average Bonchev–Trinajstić information content (AvgIpc) is 3.07. The summed E-state index contributed by atoms with van der Waals surface area (Å²) in [6.45, 7) is 0.632. The van der Waals surface area contributed by atoms with Crippen molar-refractivity contribution >= 4 is 23.5 Å². The Morgan fingerprint density at radius 2 is 1.80 bits per heavy atom. The normalized spacial score (nSPS) is 11.8. The number of aromatic nitrogens is 2. The summed E-state index contributed by atoms with van der Waals surface area (Å²) in [5.41, 5.74) is 10.8. The van der Waals surface area contributed by atoms with Gasteiger partial charge in [-0.25, -0.2) is 14.8 Å². The minimum Gasteiger partial charge on any atom is -0.449 e. The summed E-state index contributed by atoms with van der Waals surface area (Å²) in [7, 11) is 0. The summed E-state index contributed by atoms with van der Waals surface area (Å²) in [6.07, 6.45) is 1.34. The fourth-order valence-corrected chi connectivity index (χ4v) is 3.64. The van der Waals surface area contributed by atoms with E-state index in [-0.39, 0.29) is 23.5 Å². The molecule has 30 heavy (non-hydrogen) atoms. The number of carbonyl (C=O) groups is 1. The molecule has 0 aliphatic heterocycles. The predicted octanol–water partition coefficient (Wildman–Crippen LogP) is 3.99. The Balaban J connectivity index is 1.29. The molecule has 0 atom stereocenters. The number of hydrogen-bond donors (Lipinski definition) is 2. The van der Waals surface area contributed by atoms with Gasteiger partial charge in [0.2, 0.25) is 0 Å². The van der Waals surface area contributed by atoms with E-state index < -0.39 is 6.09 Å². The van der Waals surface area contributed by atoms with Crippen molar-refractivity contribution in [1.82, 2.24) is 15.3 Å². The van der Waals surface area contributed by atoms with Crippen LogP contribution in [0.3, 0.4) is 0 Å². The molecular weight excluding hydrogens is 400 g/mol. The van der Waals surface area contributed by atoms with Crippen molar-refractivity contribution in [2.24, 2.45) is 0 Å². The third-order valence-corrected chi connectivity index (χ3v) is 5.02. The zero-order chi connectivity index (χ0) is 20.9. The zero-order valence-corrected chi connectivity index (χ0v) is 16.8. The van der Waals surface area contributed by atoms with E-state index in [0.717, 1.165) is 0 Å². The van der Waals surface area contributed by atoms with Crippen LogP contribution in [0.15, 0.2) is 54.7 Å². The minimum atomic E-state index is -0.468. The van der Waals surface area contributed by atoms with Gasteiger partial charge in [-0.2, -0.15) is 0 Å². The Hall–Kier alpha value is -3.56. The minimum absolute atomic E-state index is 0.0365. The molecule has 0 bridgehead atoms. The first-order valence-electron chi connectivity index (χ1n) is 9.49. The third-order valence-electron chi connectivity index (χ3n) is 4.84. The Labute approximate surface area is 179 Å². The smallest absolute Gasteiger partial charge is 0.407 e. The van der Waals surface area contributed by atoms with E-state index >= 15 is 0 Å². The first kappa shape index (κ1) is 19.7. The van der Waals surface area contributed by atoms with E-state index in [1.165, 1.54) is 28.5 Å². The van der Waals surface area contributed by atoms with Gasteiger partial charge in [0.25, 0.3) is 0 Å². The lowest BCUT2D eigenvalue weighted by Crippen LogP contribution is -2.26. The number of carbonyl (C=O) groups excluding carboxylic acids is 1. The van der Waals surface area contributed by atoms with Gasteiger partial charge in [-0.3, -0.25) is 0 Å². The monoisotopic (exact) mass is 418 g/mol. The molecule has 0 unspecified atom stereocenters. The quantitative estimate of drug-likeness (QED) is 0.493. The summed E-state index contributed by atoms with van der Waals surface area (Å²) in [6, 6.07) is 16.4. The molecule has 0 saturated carbocycles. The maximum absolute atomic E-state index is 12.1. The van der Waals surface area contributed by atoms with E-state index in [9.17, 15) is 4.79 Å². The summed E-state index contributed by atoms with van der Waals surface area (Å²) >= 11 is 5.71. The van der Waals surface area contributed by atoms with Gasteiger partial charge in [0.05, 0.1) is 6.20 Å². The molecule has 1 aliphatic rings. The standard InChI is InChI=1S/C23H19ClN4O2/c24-21-13-27-20(22(25)28-21)11-5-6-12-26-23(29)30-14-19-17-9-3-1-7-15(17)16-8-2-4-10-18(16)19/h1-4,7-10,13,19H,6,12,14H2,(H2,25,28)(H,26,29). The Kier molecular flexibility index (Phi) is 5.82. The number of ether oxygens (including phenoxy) is 1. The summed E-state index contributed by atoms with van der Waals surface area (Å²) in [5, 5.41) is 2.93. The highest BCUT2D eigenvalue weighted by atomic mass is 35.5. The summed E-state index contributed by atoms with van der Waals surface area (Å²) in [5.74, 6) is 5.92. The second kappa shape index (κ2) is 8.85. The molecule has 1 heterocycles. The van der Waals surface area contributed by atoms with E-state index in [1.807, 2.05) is 24.3 Å². The number of rotatable bonds is 4. The van der Waals surface area contributed by atoms with Crippen LogP contribution in [0, 0.1) is 11.8 Å². The SMILES string of the molecule is Nc1nc(Cl)cnc1C#CCCNC(=O)OCC1c2ccccc2-c2ccccc21. The highest BCUT2D eigenvalue weighted by Crippen LogP contribution is 2.44. The number of hydrogen-bond acceptors (Lipinski definition) is 5. The fraction of sp³-hybridized carbons (Fsp3) is 0.174. The molecule has 3 N–H and O–H groups in total. The summed E-state index contributed by atoms with van der Waals surface area (Å²) in [4.78, 5) is 20.0. The maximum atomic E-state index is 12.1. The fourth-order valence-electron chi connectivity index (χ4n) is 3.50. The summed E-state index contributed by atoms with van der Waals surface area (Å²) < 4.78 is 5.48. The number of nitrogens with one attached hydrogen (secondary N) is 1. The van der Waals surface area contributed by atoms with Crippen molar-refractivity contribution in [3.63, 3.8) is 0 Å². The van der Waals surface area contributed by atoms with Crippen molar-refractivity contribution in [2.45, 2.75) is 12.3 Å². The van der Waals surface area contributed by atoms with Crippen LogP contribution in [0.5, 0.6) is 0 Å². The number of nitrogen functional groups attached to an aromatic ring is 1. The van der Waals surface area contributed by atoms with Gasteiger partial charge in [0, 0.05) is 18.9 Å². The molecule has 0 spiro atoms. The number of amides is 1. The Morgan fingerprint density at radius 1 is 1.13 bits per heavy atom. The van der Waals surface area contributed by atoms with Crippen LogP contribution in [0.1, 0.15) is 29.2 Å². The van der Waals surface area contributed by atoms with Gasteiger partial charge >= 0.3 is 6.09 Å². The van der Waals surface area contributed by atoms with Crippen molar-refractivity contribution in [2.75, 3.05) is 18.9 Å². The van der Waals surface area contributed by atoms with Gasteiger partial charge in [0.15, 0.2) is 11.5 Å². The van der Waals surface area contributed by atoms with Crippen LogP contribution < -0.4 is 11.1 Å². The maximum Gasteiger partial charge on any atom is 0.407 e. The van der Waals surface area contributed by atoms with Gasteiger partial charge in [-0.15, -0.1) is 0 Å². The van der Waals surface area contributed by atoms with Crippen molar-refractivity contribution in [3.8, 4) is 23.0 Å². The van der Waals surface area contributed by atoms with Crippen molar-refractivity contribution in [1.29, 1.82) is 0 Å². The van der Waals surface area contributed by atoms with Gasteiger partial charge in [-0.1, -0.05) is 66.1 Å². The van der Waals surface area contributed by atoms with Crippen molar-refractivity contribution < 1.29 is 9.53 Å². The number of halogens is 1. The number of nitrogens with zero attached hydrogens (tertiary/aromatic N) is 2. The van der Waals surface area contributed by atoms with Gasteiger partial charge < -0.3 is 15.8 Å². The van der Waals surface area contributed by atoms with E-state index in [0.29, 0.717) is 18.7 Å². The van der Waals surface area contributed by atoms with E-state index in [2.05, 4.69) is 51.4 Å². The number of benzene rings is 2. The van der Waals surface area contributed by atoms with Crippen LogP contribution in [-0.2, 0) is 4.74 Å². The zero-order valence-electron chi connectivity index (χ0n) is 16.1. The molecule has 0 fully saturated rings. The second-order valence-electron chi connectivity index (χ2n) is 6.73. The third kappa shape index (κ3) is 4.22. The molecule has 6 nitrogen and oxygen atoms in total. The molecule has 0 radical (unpaired) electrons. The molecule has 150 valence electrons. The Bertz CT molecular complexity index is 1110. The van der Waals surface area contributed by atoms with Crippen LogP contribution in [-0.4, -0.2) is 29.2 Å². The first-order chi connectivity index (χ1) is 14.6. The number of fused-ring (bicyclic) bond motifs is 3. The molecule has 1 aliphatic carbocycles. The number of anilines is 1. The van der Waals surface area contributed by atoms with E-state index in [4.69, 9.17) is 22.1 Å². The van der Waals surface area contributed by atoms with Crippen LogP contribution >= 0.6 is 11.6 Å². The Morgan fingerprint density at radius 3 is 2.47 bits per heavy atom. The van der Waals surface area contributed by atoms with Crippen LogP contribution in [0.4, 0.5) is 10.6 Å². The topological polar surface area (TPSA) is 90.1 Å². The van der Waals surface area contributed by atoms with Crippen LogP contribution in [0.25, 0.3) is 11.1 Å². The highest BCUT2D eigenvalue weighted by molar-refractivity contribution is 6.29. The van der Waals surface area contributed by atoms with Crippen molar-refractivity contribution in [3.05, 3.63) is 76.7 Å². The van der Waals surface area contributed by atoms with Gasteiger partial charge in [-0.05, 0) is 28.2 Å². The molecule has 3 aromatic rings. The molecule has 1 amide bonds. The lowest BCUT2D eigenvalue weighted by atomic mass is 9.98. The average molecular weight is 419 g/mol. The molecule has 0 saturated heterocycles. The predicted molar refractivity (Wildman–Crippen MR) is 116 cm³/mol. The molecule has 7 heteroatoms.